The molecule has 0 N–H and O–H groups in total. The second-order valence-electron chi connectivity index (χ2n) is 7.36. The number of rotatable bonds is 3. The van der Waals surface area contributed by atoms with Gasteiger partial charge in [0.15, 0.2) is 5.69 Å². The Morgan fingerprint density at radius 2 is 1.96 bits per heavy atom. The molecule has 1 fully saturated rings. The summed E-state index contributed by atoms with van der Waals surface area (Å²) in [4.78, 5) is 23.8. The van der Waals surface area contributed by atoms with Crippen molar-refractivity contribution < 1.29 is 4.79 Å². The fraction of sp³-hybridized carbons (Fsp3) is 0.722. The molecule has 0 bridgehead atoms. The molecule has 4 nitrogen and oxygen atoms in total. The number of carbonyl (C=O) groups is 1. The Bertz CT molecular complexity index is 559. The van der Waals surface area contributed by atoms with Gasteiger partial charge in [0.2, 0.25) is 0 Å². The van der Waals surface area contributed by atoms with Crippen molar-refractivity contribution in [3.8, 4) is 0 Å². The molecule has 1 aliphatic heterocycles. The lowest BCUT2D eigenvalue weighted by Gasteiger charge is -2.33. The number of likely N-dealkylation sites (tertiary alicyclic amines) is 1. The van der Waals surface area contributed by atoms with Crippen LogP contribution in [-0.2, 0) is 0 Å². The number of halogens is 1. The Morgan fingerprint density at radius 3 is 2.57 bits per heavy atom. The van der Waals surface area contributed by atoms with Crippen molar-refractivity contribution in [1.82, 2.24) is 14.9 Å². The quantitative estimate of drug-likeness (QED) is 0.813. The van der Waals surface area contributed by atoms with Gasteiger partial charge in [0.25, 0.3) is 5.91 Å². The van der Waals surface area contributed by atoms with Crippen molar-refractivity contribution in [2.75, 3.05) is 6.54 Å². The summed E-state index contributed by atoms with van der Waals surface area (Å²) in [5.74, 6) is 1.87. The van der Waals surface area contributed by atoms with Crippen molar-refractivity contribution in [1.29, 1.82) is 0 Å². The van der Waals surface area contributed by atoms with Gasteiger partial charge in [0, 0.05) is 18.5 Å². The van der Waals surface area contributed by atoms with Gasteiger partial charge in [0.1, 0.15) is 5.82 Å². The topological polar surface area (TPSA) is 46.1 Å². The number of nitrogens with zero attached hydrogens (tertiary/aromatic N) is 3. The highest BCUT2D eigenvalue weighted by atomic mass is 35.5. The number of amides is 1. The van der Waals surface area contributed by atoms with Crippen LogP contribution in [0.25, 0.3) is 0 Å². The van der Waals surface area contributed by atoms with Crippen molar-refractivity contribution in [3.63, 3.8) is 0 Å². The third-order valence-corrected chi connectivity index (χ3v) is 5.01. The van der Waals surface area contributed by atoms with E-state index in [9.17, 15) is 4.79 Å². The van der Waals surface area contributed by atoms with Gasteiger partial charge in [-0.25, -0.2) is 9.97 Å². The van der Waals surface area contributed by atoms with Gasteiger partial charge in [-0.05, 0) is 31.1 Å². The Morgan fingerprint density at radius 1 is 1.26 bits per heavy atom. The summed E-state index contributed by atoms with van der Waals surface area (Å²) in [6.07, 6.45) is 4.81. The fourth-order valence-electron chi connectivity index (χ4n) is 3.17. The van der Waals surface area contributed by atoms with E-state index in [1.807, 2.05) is 18.7 Å². The molecule has 0 aliphatic carbocycles. The summed E-state index contributed by atoms with van der Waals surface area (Å²) in [6.45, 7) is 11.4. The molecule has 1 aromatic heterocycles. The first-order valence-corrected chi connectivity index (χ1v) is 9.02. The first kappa shape index (κ1) is 18.2. The van der Waals surface area contributed by atoms with E-state index in [0.717, 1.165) is 19.4 Å². The maximum absolute atomic E-state index is 13.1. The monoisotopic (exact) mass is 337 g/mol. The predicted molar refractivity (Wildman–Crippen MR) is 93.8 cm³/mol. The Kier molecular flexibility index (Phi) is 6.01. The molecule has 2 heterocycles. The number of carbonyl (C=O) groups excluding carboxylic acids is 1. The van der Waals surface area contributed by atoms with Crippen LogP contribution in [0, 0.1) is 11.8 Å². The molecule has 1 aliphatic rings. The first-order valence-electron chi connectivity index (χ1n) is 8.64. The Balaban J connectivity index is 2.34. The van der Waals surface area contributed by atoms with Gasteiger partial charge >= 0.3 is 0 Å². The van der Waals surface area contributed by atoms with Crippen molar-refractivity contribution in [2.45, 2.75) is 65.8 Å². The third kappa shape index (κ3) is 4.23. The van der Waals surface area contributed by atoms with E-state index in [2.05, 4.69) is 30.7 Å². The highest BCUT2D eigenvalue weighted by Gasteiger charge is 2.32. The molecule has 0 radical (unpaired) electrons. The number of hydrogen-bond acceptors (Lipinski definition) is 3. The molecule has 2 unspecified atom stereocenters. The van der Waals surface area contributed by atoms with E-state index >= 15 is 0 Å². The molecule has 1 amide bonds. The van der Waals surface area contributed by atoms with E-state index in [1.54, 1.807) is 6.20 Å². The molecule has 1 saturated heterocycles. The maximum atomic E-state index is 13.1. The van der Waals surface area contributed by atoms with Crippen LogP contribution in [-0.4, -0.2) is 33.4 Å². The molecule has 2 rings (SSSR count). The molecule has 5 heteroatoms. The van der Waals surface area contributed by atoms with E-state index in [0.29, 0.717) is 28.4 Å². The van der Waals surface area contributed by atoms with Gasteiger partial charge in [-0.1, -0.05) is 46.2 Å². The Hall–Kier alpha value is -1.16. The molecule has 0 saturated carbocycles. The van der Waals surface area contributed by atoms with Crippen molar-refractivity contribution in [3.05, 3.63) is 22.7 Å². The summed E-state index contributed by atoms with van der Waals surface area (Å²) in [5, 5.41) is 0.346. The molecule has 2 atom stereocenters. The lowest BCUT2D eigenvalue weighted by molar-refractivity contribution is 0.0625. The van der Waals surface area contributed by atoms with Crippen molar-refractivity contribution in [2.24, 2.45) is 11.8 Å². The van der Waals surface area contributed by atoms with E-state index in [4.69, 9.17) is 11.6 Å². The van der Waals surface area contributed by atoms with Crippen LogP contribution in [0.1, 0.15) is 76.1 Å². The molecular weight excluding hydrogens is 310 g/mol. The minimum Gasteiger partial charge on any atom is -0.334 e. The van der Waals surface area contributed by atoms with Crippen LogP contribution in [0.15, 0.2) is 6.20 Å². The van der Waals surface area contributed by atoms with Crippen molar-refractivity contribution >= 4 is 17.5 Å². The standard InChI is InChI=1S/C18H28ClN3O/c1-11(2)15-7-6-13(5)8-9-22(15)18(23)16-14(19)10-20-17(21-16)12(3)4/h10-13,15H,6-9H2,1-5H3. The molecule has 0 aromatic carbocycles. The third-order valence-electron chi connectivity index (χ3n) is 4.73. The number of aromatic nitrogens is 2. The van der Waals surface area contributed by atoms with Gasteiger partial charge in [-0.3, -0.25) is 4.79 Å². The fourth-order valence-corrected chi connectivity index (χ4v) is 3.34. The summed E-state index contributed by atoms with van der Waals surface area (Å²) >= 11 is 6.24. The normalized spacial score (nSPS) is 22.5. The zero-order valence-corrected chi connectivity index (χ0v) is 15.6. The molecule has 1 aromatic rings. The lowest BCUT2D eigenvalue weighted by Crippen LogP contribution is -2.43. The minimum atomic E-state index is -0.0490. The van der Waals surface area contributed by atoms with Crippen LogP contribution >= 0.6 is 11.6 Å². The average molecular weight is 338 g/mol. The molecule has 0 spiro atoms. The first-order chi connectivity index (χ1) is 10.8. The van der Waals surface area contributed by atoms with E-state index < -0.39 is 0 Å². The molecular formula is C18H28ClN3O. The minimum absolute atomic E-state index is 0.0490. The van der Waals surface area contributed by atoms with Gasteiger partial charge in [0.05, 0.1) is 11.2 Å². The summed E-state index contributed by atoms with van der Waals surface area (Å²) in [6, 6.07) is 0.251. The largest absolute Gasteiger partial charge is 0.334 e. The average Bonchev–Trinajstić information content (AvgIpc) is 2.68. The summed E-state index contributed by atoms with van der Waals surface area (Å²) < 4.78 is 0. The highest BCUT2D eigenvalue weighted by Crippen LogP contribution is 2.28. The highest BCUT2D eigenvalue weighted by molar-refractivity contribution is 6.33. The smallest absolute Gasteiger partial charge is 0.274 e. The Labute approximate surface area is 144 Å². The predicted octanol–water partition coefficient (Wildman–Crippen LogP) is 4.54. The van der Waals surface area contributed by atoms with Gasteiger partial charge in [-0.15, -0.1) is 0 Å². The second kappa shape index (κ2) is 7.61. The second-order valence-corrected chi connectivity index (χ2v) is 7.77. The van der Waals surface area contributed by atoms with Gasteiger partial charge in [-0.2, -0.15) is 0 Å². The van der Waals surface area contributed by atoms with Crippen LogP contribution in [0.3, 0.4) is 0 Å². The van der Waals surface area contributed by atoms with E-state index in [1.165, 1.54) is 6.42 Å². The SMILES string of the molecule is CC1CCC(C(C)C)N(C(=O)c2nc(C(C)C)ncc2Cl)CC1. The summed E-state index contributed by atoms with van der Waals surface area (Å²) in [5.41, 5.74) is 0.352. The van der Waals surface area contributed by atoms with Crippen LogP contribution < -0.4 is 0 Å². The van der Waals surface area contributed by atoms with Gasteiger partial charge < -0.3 is 4.90 Å². The maximum Gasteiger partial charge on any atom is 0.274 e. The molecule has 23 heavy (non-hydrogen) atoms. The van der Waals surface area contributed by atoms with E-state index in [-0.39, 0.29) is 17.9 Å². The van der Waals surface area contributed by atoms with Crippen LogP contribution in [0.4, 0.5) is 0 Å². The summed E-state index contributed by atoms with van der Waals surface area (Å²) in [7, 11) is 0. The zero-order valence-electron chi connectivity index (χ0n) is 14.8. The lowest BCUT2D eigenvalue weighted by atomic mass is 9.95. The zero-order chi connectivity index (χ0) is 17.1. The number of hydrogen-bond donors (Lipinski definition) is 0. The molecule has 128 valence electrons. The van der Waals surface area contributed by atoms with Crippen LogP contribution in [0.2, 0.25) is 5.02 Å². The van der Waals surface area contributed by atoms with Crippen LogP contribution in [0.5, 0.6) is 0 Å².